The lowest BCUT2D eigenvalue weighted by molar-refractivity contribution is -0.168. The molecule has 1 aromatic heterocycles. The summed E-state index contributed by atoms with van der Waals surface area (Å²) >= 11 is 0. The number of halogens is 1. The summed E-state index contributed by atoms with van der Waals surface area (Å²) in [4.78, 5) is 15.1. The Hall–Kier alpha value is -2.73. The number of carbonyl (C=O) groups is 1. The maximum Gasteiger partial charge on any atom is 0.229 e. The van der Waals surface area contributed by atoms with E-state index in [0.717, 1.165) is 38.2 Å². The van der Waals surface area contributed by atoms with E-state index in [9.17, 15) is 9.18 Å². The first-order valence-corrected chi connectivity index (χ1v) is 9.62. The van der Waals surface area contributed by atoms with Crippen molar-refractivity contribution < 1.29 is 18.4 Å². The minimum Gasteiger partial charge on any atom is -0.381 e. The number of fused-ring (bicyclic) bond motifs is 1. The zero-order valence-corrected chi connectivity index (χ0v) is 15.4. The smallest absolute Gasteiger partial charge is 0.229 e. The van der Waals surface area contributed by atoms with Gasteiger partial charge in [0.05, 0.1) is 12.5 Å². The Morgan fingerprint density at radius 1 is 1.18 bits per heavy atom. The molecule has 2 saturated heterocycles. The largest absolute Gasteiger partial charge is 0.381 e. The molecule has 0 aliphatic carbocycles. The van der Waals surface area contributed by atoms with Crippen LogP contribution in [0.1, 0.15) is 30.1 Å². The summed E-state index contributed by atoms with van der Waals surface area (Å²) in [7, 11) is 0. The summed E-state index contributed by atoms with van der Waals surface area (Å²) < 4.78 is 24.4. The Kier molecular flexibility index (Phi) is 4.16. The van der Waals surface area contributed by atoms with Crippen molar-refractivity contribution in [1.82, 2.24) is 10.1 Å². The van der Waals surface area contributed by atoms with Crippen LogP contribution in [0.25, 0.3) is 11.0 Å². The number of rotatable bonds is 3. The van der Waals surface area contributed by atoms with Crippen LogP contribution in [0.4, 0.5) is 4.39 Å². The Bertz CT molecular complexity index is 1010. The van der Waals surface area contributed by atoms with E-state index in [4.69, 9.17) is 9.26 Å². The predicted molar refractivity (Wildman–Crippen MR) is 101 cm³/mol. The Morgan fingerprint density at radius 2 is 1.96 bits per heavy atom. The molecule has 0 radical (unpaired) electrons. The first-order chi connectivity index (χ1) is 13.7. The molecule has 1 unspecified atom stereocenters. The molecule has 144 valence electrons. The second-order valence-corrected chi connectivity index (χ2v) is 7.76. The summed E-state index contributed by atoms with van der Waals surface area (Å²) in [6.07, 6.45) is 2.01. The van der Waals surface area contributed by atoms with Crippen LogP contribution in [0.15, 0.2) is 53.1 Å². The number of carbonyl (C=O) groups excluding carboxylic acids is 1. The number of nitrogens with zero attached hydrogens (tertiary/aromatic N) is 2. The van der Waals surface area contributed by atoms with Crippen LogP contribution < -0.4 is 0 Å². The van der Waals surface area contributed by atoms with Gasteiger partial charge in [0, 0.05) is 30.6 Å². The molecule has 2 aromatic carbocycles. The van der Waals surface area contributed by atoms with Crippen molar-refractivity contribution in [2.24, 2.45) is 5.41 Å². The van der Waals surface area contributed by atoms with Crippen molar-refractivity contribution in [3.05, 3.63) is 65.6 Å². The summed E-state index contributed by atoms with van der Waals surface area (Å²) in [5, 5.41) is 4.57. The third kappa shape index (κ3) is 2.79. The Morgan fingerprint density at radius 3 is 2.75 bits per heavy atom. The molecule has 6 heteroatoms. The van der Waals surface area contributed by atoms with Gasteiger partial charge in [-0.2, -0.15) is 0 Å². The van der Waals surface area contributed by atoms with E-state index in [1.165, 1.54) is 12.1 Å². The summed E-state index contributed by atoms with van der Waals surface area (Å²) in [6, 6.07) is 14.5. The lowest BCUT2D eigenvalue weighted by Crippen LogP contribution is -2.62. The molecule has 0 saturated carbocycles. The molecule has 5 rings (SSSR count). The molecule has 0 bridgehead atoms. The lowest BCUT2D eigenvalue weighted by Gasteiger charge is -2.59. The van der Waals surface area contributed by atoms with E-state index >= 15 is 0 Å². The molecule has 1 spiro atoms. The first kappa shape index (κ1) is 17.4. The average molecular weight is 380 g/mol. The number of hydrogen-bond donors (Lipinski definition) is 0. The van der Waals surface area contributed by atoms with E-state index in [2.05, 4.69) is 17.3 Å². The van der Waals surface area contributed by atoms with E-state index in [1.807, 2.05) is 23.1 Å². The van der Waals surface area contributed by atoms with Crippen LogP contribution in [-0.4, -0.2) is 35.7 Å². The van der Waals surface area contributed by atoms with Crippen molar-refractivity contribution >= 4 is 16.9 Å². The number of benzene rings is 2. The topological polar surface area (TPSA) is 55.6 Å². The van der Waals surface area contributed by atoms with Crippen molar-refractivity contribution in [3.63, 3.8) is 0 Å². The molecule has 2 fully saturated rings. The summed E-state index contributed by atoms with van der Waals surface area (Å²) in [5.41, 5.74) is 2.21. The van der Waals surface area contributed by atoms with Gasteiger partial charge in [-0.25, -0.2) is 4.39 Å². The quantitative estimate of drug-likeness (QED) is 0.692. The fourth-order valence-corrected chi connectivity index (χ4v) is 4.68. The highest BCUT2D eigenvalue weighted by Crippen LogP contribution is 2.54. The van der Waals surface area contributed by atoms with Crippen LogP contribution in [0.5, 0.6) is 0 Å². The van der Waals surface area contributed by atoms with Crippen LogP contribution in [0.2, 0.25) is 0 Å². The average Bonchev–Trinajstić information content (AvgIpc) is 3.09. The predicted octanol–water partition coefficient (Wildman–Crippen LogP) is 3.89. The van der Waals surface area contributed by atoms with Gasteiger partial charge in [-0.05, 0) is 36.6 Å². The maximum absolute atomic E-state index is 13.6. The van der Waals surface area contributed by atoms with Gasteiger partial charge in [-0.3, -0.25) is 4.79 Å². The van der Waals surface area contributed by atoms with Gasteiger partial charge in [0.1, 0.15) is 11.5 Å². The van der Waals surface area contributed by atoms with Gasteiger partial charge in [0.25, 0.3) is 0 Å². The Labute approximate surface area is 162 Å². The highest BCUT2D eigenvalue weighted by Gasteiger charge is 2.55. The third-order valence-corrected chi connectivity index (χ3v) is 6.13. The van der Waals surface area contributed by atoms with Gasteiger partial charge in [0.2, 0.25) is 5.91 Å². The molecule has 3 aromatic rings. The molecule has 1 atom stereocenters. The normalized spacial score (nSPS) is 21.0. The number of ether oxygens (including phenoxy) is 1. The third-order valence-electron chi connectivity index (χ3n) is 6.13. The minimum absolute atomic E-state index is 0.00886. The monoisotopic (exact) mass is 380 g/mol. The molecule has 28 heavy (non-hydrogen) atoms. The number of amides is 1. The van der Waals surface area contributed by atoms with E-state index in [-0.39, 0.29) is 29.6 Å². The highest BCUT2D eigenvalue weighted by molar-refractivity contribution is 5.87. The van der Waals surface area contributed by atoms with Crippen LogP contribution in [-0.2, 0) is 16.0 Å². The molecular weight excluding hydrogens is 359 g/mol. The molecule has 3 heterocycles. The molecule has 1 amide bonds. The molecule has 0 N–H and O–H groups in total. The van der Waals surface area contributed by atoms with Crippen molar-refractivity contribution in [2.45, 2.75) is 25.3 Å². The maximum atomic E-state index is 13.6. The number of aromatic nitrogens is 1. The SMILES string of the molecule is O=C(Cc1noc2ccc(F)cc12)N1CC2(CCOCC2)C1c1ccccc1. The van der Waals surface area contributed by atoms with Gasteiger partial charge >= 0.3 is 0 Å². The van der Waals surface area contributed by atoms with Crippen molar-refractivity contribution in [3.8, 4) is 0 Å². The second-order valence-electron chi connectivity index (χ2n) is 7.76. The fourth-order valence-electron chi connectivity index (χ4n) is 4.68. The molecule has 2 aliphatic rings. The standard InChI is InChI=1S/C22H21FN2O3/c23-16-6-7-19-17(12-16)18(24-28-19)13-20(26)25-14-22(8-10-27-11-9-22)21(25)15-4-2-1-3-5-15/h1-7,12,21H,8-11,13-14H2. The van der Waals surface area contributed by atoms with Gasteiger partial charge < -0.3 is 14.2 Å². The zero-order valence-electron chi connectivity index (χ0n) is 15.4. The van der Waals surface area contributed by atoms with Crippen LogP contribution >= 0.6 is 0 Å². The minimum atomic E-state index is -0.364. The zero-order chi connectivity index (χ0) is 19.1. The van der Waals surface area contributed by atoms with Gasteiger partial charge in [0.15, 0.2) is 5.58 Å². The first-order valence-electron chi connectivity index (χ1n) is 9.62. The van der Waals surface area contributed by atoms with Gasteiger partial charge in [-0.15, -0.1) is 0 Å². The van der Waals surface area contributed by atoms with Crippen LogP contribution in [0, 0.1) is 11.2 Å². The molecule has 5 nitrogen and oxygen atoms in total. The Balaban J connectivity index is 1.43. The van der Waals surface area contributed by atoms with Crippen molar-refractivity contribution in [2.75, 3.05) is 19.8 Å². The van der Waals surface area contributed by atoms with E-state index in [0.29, 0.717) is 16.7 Å². The molecular formula is C22H21FN2O3. The fraction of sp³-hybridized carbons (Fsp3) is 0.364. The number of hydrogen-bond acceptors (Lipinski definition) is 4. The lowest BCUT2D eigenvalue weighted by atomic mass is 9.64. The van der Waals surface area contributed by atoms with Crippen molar-refractivity contribution in [1.29, 1.82) is 0 Å². The summed E-state index contributed by atoms with van der Waals surface area (Å²) in [6.45, 7) is 2.19. The van der Waals surface area contributed by atoms with Crippen LogP contribution in [0.3, 0.4) is 0 Å². The highest BCUT2D eigenvalue weighted by atomic mass is 19.1. The number of likely N-dealkylation sites (tertiary alicyclic amines) is 1. The molecule has 2 aliphatic heterocycles. The van der Waals surface area contributed by atoms with E-state index < -0.39 is 0 Å². The second kappa shape index (κ2) is 6.71. The van der Waals surface area contributed by atoms with Gasteiger partial charge in [-0.1, -0.05) is 35.5 Å². The van der Waals surface area contributed by atoms with E-state index in [1.54, 1.807) is 6.07 Å². The summed E-state index contributed by atoms with van der Waals surface area (Å²) in [5.74, 6) is -0.373.